The minimum Gasteiger partial charge on any atom is -0.508 e. The number of aliphatic carboxylic acids is 1. The van der Waals surface area contributed by atoms with Gasteiger partial charge in [-0.05, 0) is 35.7 Å². The molecule has 2 aromatic carbocycles. The number of aromatic amines is 2. The normalized spacial score (nSPS) is 18.1. The van der Waals surface area contributed by atoms with Crippen molar-refractivity contribution in [2.24, 2.45) is 0 Å². The van der Waals surface area contributed by atoms with Crippen molar-refractivity contribution in [3.63, 3.8) is 0 Å². The Labute approximate surface area is 293 Å². The summed E-state index contributed by atoms with van der Waals surface area (Å²) in [5.41, 5.74) is 1.49. The largest absolute Gasteiger partial charge is 0.508 e. The summed E-state index contributed by atoms with van der Waals surface area (Å²) in [6.45, 7) is -1.06. The number of hydrogen-bond donors (Lipinski definition) is 10. The lowest BCUT2D eigenvalue weighted by molar-refractivity contribution is -0.142. The zero-order valence-electron chi connectivity index (χ0n) is 29.0. The number of H-pyrrole nitrogens is 2. The molecule has 0 bridgehead atoms. The monoisotopic (exact) mass is 704 g/mol. The third-order valence-corrected chi connectivity index (χ3v) is 8.14. The lowest BCUT2D eigenvalue weighted by Gasteiger charge is -2.26. The minimum absolute atomic E-state index is 0.0589. The Morgan fingerprint density at radius 1 is 0.922 bits per heavy atom. The molecular weight excluding hydrogens is 664 g/mol. The van der Waals surface area contributed by atoms with Crippen molar-refractivity contribution >= 4 is 46.4 Å². The van der Waals surface area contributed by atoms with Gasteiger partial charge in [-0.1, -0.05) is 30.3 Å². The Kier molecular flexibility index (Phi) is 10.7. The number of amides is 5. The summed E-state index contributed by atoms with van der Waals surface area (Å²) in [6, 6.07) is 3.55. The molecule has 5 amide bonds. The van der Waals surface area contributed by atoms with E-state index >= 15 is 0 Å². The number of aromatic nitrogens is 3. The number of aliphatic hydroxyl groups excluding tert-OH is 1. The number of rotatable bonds is 16. The molecule has 6 atom stereocenters. The fourth-order valence-electron chi connectivity index (χ4n) is 5.43. The maximum Gasteiger partial charge on any atom is 0.326 e. The van der Waals surface area contributed by atoms with Gasteiger partial charge in [0.15, 0.2) is 0 Å². The predicted molar refractivity (Wildman–Crippen MR) is 180 cm³/mol. The molecule has 0 radical (unpaired) electrons. The first-order valence-corrected chi connectivity index (χ1v) is 15.9. The molecule has 1 aliphatic rings. The van der Waals surface area contributed by atoms with Crippen molar-refractivity contribution in [1.29, 1.82) is 0 Å². The number of fused-ring (bicyclic) bond motifs is 1. The van der Waals surface area contributed by atoms with E-state index in [4.69, 9.17) is 1.37 Å². The maximum atomic E-state index is 14.1. The maximum absolute atomic E-state index is 14.1. The second-order valence-corrected chi connectivity index (χ2v) is 11.8. The number of carbonyl (C=O) groups excluding carboxylic acids is 5. The van der Waals surface area contributed by atoms with Crippen LogP contribution >= 0.6 is 0 Å². The number of aromatic hydroxyl groups is 1. The van der Waals surface area contributed by atoms with Gasteiger partial charge >= 0.3 is 5.97 Å². The van der Waals surface area contributed by atoms with Gasteiger partial charge in [0.1, 0.15) is 35.9 Å². The third-order valence-electron chi connectivity index (χ3n) is 8.14. The number of phenolic OH excluding ortho intramolecular Hbond substituents is 1. The highest BCUT2D eigenvalue weighted by Crippen LogP contribution is 2.20. The van der Waals surface area contributed by atoms with Crippen LogP contribution in [0.15, 0.2) is 67.3 Å². The number of phenols is 1. The molecule has 17 nitrogen and oxygen atoms in total. The van der Waals surface area contributed by atoms with Crippen molar-refractivity contribution in [1.82, 2.24) is 41.5 Å². The van der Waals surface area contributed by atoms with Crippen LogP contribution in [0.4, 0.5) is 0 Å². The van der Waals surface area contributed by atoms with Gasteiger partial charge in [-0.2, -0.15) is 0 Å². The van der Waals surface area contributed by atoms with Gasteiger partial charge < -0.3 is 51.9 Å². The van der Waals surface area contributed by atoms with Crippen molar-refractivity contribution in [2.45, 2.75) is 62.3 Å². The first kappa shape index (κ1) is 33.3. The minimum atomic E-state index is -2.94. The summed E-state index contributed by atoms with van der Waals surface area (Å²) >= 11 is 0. The molecule has 2 aromatic heterocycles. The van der Waals surface area contributed by atoms with Crippen LogP contribution < -0.4 is 26.6 Å². The summed E-state index contributed by atoms with van der Waals surface area (Å²) in [5, 5.41) is 41.7. The van der Waals surface area contributed by atoms with Crippen LogP contribution in [-0.2, 0) is 48.0 Å². The van der Waals surface area contributed by atoms with Gasteiger partial charge in [0.25, 0.3) is 0 Å². The number of nitrogens with one attached hydrogen (secondary N) is 7. The zero-order valence-corrected chi connectivity index (χ0v) is 27.0. The van der Waals surface area contributed by atoms with Crippen molar-refractivity contribution in [3.8, 4) is 5.75 Å². The van der Waals surface area contributed by atoms with Crippen LogP contribution in [0.25, 0.3) is 10.9 Å². The Bertz CT molecular complexity index is 1970. The Hall–Kier alpha value is -6.23. The first-order chi connectivity index (χ1) is 25.3. The van der Waals surface area contributed by atoms with Crippen LogP contribution in [0, 0.1) is 0 Å². The van der Waals surface area contributed by atoms with Crippen LogP contribution in [0.5, 0.6) is 5.75 Å². The number of carbonyl (C=O) groups is 6. The lowest BCUT2D eigenvalue weighted by Crippen LogP contribution is -2.60. The van der Waals surface area contributed by atoms with E-state index in [1.807, 2.05) is 0 Å². The van der Waals surface area contributed by atoms with Crippen molar-refractivity contribution in [3.05, 3.63) is 84.1 Å². The van der Waals surface area contributed by atoms with Gasteiger partial charge in [0.05, 0.1) is 14.3 Å². The fraction of sp³-hybridized carbons (Fsp3) is 0.324. The van der Waals surface area contributed by atoms with Crippen molar-refractivity contribution < 1.29 is 46.8 Å². The highest BCUT2D eigenvalue weighted by Gasteiger charge is 2.34. The number of imidazole rings is 1. The molecule has 1 unspecified atom stereocenters. The molecular formula is C34H38N8O9. The Morgan fingerprint density at radius 2 is 1.65 bits per heavy atom. The SMILES string of the molecule is [2H]C(c1c[nH]c2ccccc12)[C@]([2H])(NC(=O)[C@H](Cc1cnc[nH]1)NC(=O)[C@@H]1CCC(=O)N1)C(=O)N[C@@H](CO)C(=O)N[C@@H](Cc1ccc(O)cc1)C(=O)O. The van der Waals surface area contributed by atoms with Crippen LogP contribution in [-0.4, -0.2) is 103 Å². The number of aliphatic hydroxyl groups is 1. The van der Waals surface area contributed by atoms with Crippen molar-refractivity contribution in [2.75, 3.05) is 6.61 Å². The van der Waals surface area contributed by atoms with E-state index in [0.717, 1.165) is 0 Å². The molecule has 1 fully saturated rings. The van der Waals surface area contributed by atoms with Crippen LogP contribution in [0.1, 0.15) is 32.4 Å². The Morgan fingerprint density at radius 3 is 2.31 bits per heavy atom. The number of hydrogen-bond acceptors (Lipinski definition) is 9. The zero-order chi connectivity index (χ0) is 38.3. The smallest absolute Gasteiger partial charge is 0.326 e. The van der Waals surface area contributed by atoms with Gasteiger partial charge in [0.2, 0.25) is 29.5 Å². The van der Waals surface area contributed by atoms with Gasteiger partial charge in [-0.3, -0.25) is 24.0 Å². The van der Waals surface area contributed by atoms with E-state index in [9.17, 15) is 45.5 Å². The number of carboxylic acids is 1. The molecule has 0 aliphatic carbocycles. The van der Waals surface area contributed by atoms with E-state index in [2.05, 4.69) is 41.5 Å². The highest BCUT2D eigenvalue weighted by atomic mass is 16.4. The second kappa shape index (κ2) is 16.4. The second-order valence-electron chi connectivity index (χ2n) is 11.8. The topological polar surface area (TPSA) is 268 Å². The summed E-state index contributed by atoms with van der Waals surface area (Å²) < 4.78 is 18.5. The standard InChI is InChI=1S/C34H38N8O9/c43-16-28(33(49)41-27(34(50)51)11-18-5-7-21(44)8-6-18)42-31(47)25(12-19-14-36-23-4-2-1-3-22(19)23)39-32(48)26(13-20-15-35-17-37-20)40-30(46)24-9-10-29(45)38-24/h1-8,14-15,17,24-28,36,43-44H,9-13,16H2,(H,35,37)(H,38,45)(H,39,48)(H,40,46)(H,41,49)(H,42,47)(H,50,51)/t24-,25-,26-,27-,28-/m0/s1/i12D,25D/t12?,24-,25-,26-,27-,28-. The fourth-order valence-corrected chi connectivity index (χ4v) is 5.43. The highest BCUT2D eigenvalue weighted by molar-refractivity contribution is 5.97. The van der Waals surface area contributed by atoms with E-state index < -0.39 is 72.8 Å². The molecule has 3 heterocycles. The lowest BCUT2D eigenvalue weighted by atomic mass is 10.0. The van der Waals surface area contributed by atoms with Gasteiger partial charge in [0, 0.05) is 56.0 Å². The molecule has 0 spiro atoms. The van der Waals surface area contributed by atoms with Crippen LogP contribution in [0.3, 0.4) is 0 Å². The molecule has 51 heavy (non-hydrogen) atoms. The molecule has 4 aromatic rings. The summed E-state index contributed by atoms with van der Waals surface area (Å²) in [6.07, 6.45) is 2.06. The molecule has 0 saturated carbocycles. The number of para-hydroxylation sites is 1. The summed E-state index contributed by atoms with van der Waals surface area (Å²) in [5.74, 6) is -6.19. The average Bonchev–Trinajstić information content (AvgIpc) is 3.92. The predicted octanol–water partition coefficient (Wildman–Crippen LogP) is -1.08. The summed E-state index contributed by atoms with van der Waals surface area (Å²) in [7, 11) is 0. The van der Waals surface area contributed by atoms with E-state index in [-0.39, 0.29) is 42.9 Å². The molecule has 268 valence electrons. The Balaban J connectivity index is 1.42. The van der Waals surface area contributed by atoms with Gasteiger partial charge in [-0.25, -0.2) is 9.78 Å². The van der Waals surface area contributed by atoms with E-state index in [0.29, 0.717) is 22.2 Å². The quantitative estimate of drug-likeness (QED) is 0.0674. The van der Waals surface area contributed by atoms with Crippen LogP contribution in [0.2, 0.25) is 0 Å². The average molecular weight is 705 g/mol. The molecule has 17 heteroatoms. The van der Waals surface area contributed by atoms with Gasteiger partial charge in [-0.15, -0.1) is 0 Å². The summed E-state index contributed by atoms with van der Waals surface area (Å²) in [4.78, 5) is 87.9. The first-order valence-electron chi connectivity index (χ1n) is 17.0. The molecule has 10 N–H and O–H groups in total. The third kappa shape index (κ3) is 9.48. The molecule has 1 saturated heterocycles. The number of carboxylic acid groups (broad SMARTS) is 1. The molecule has 5 rings (SSSR count). The number of benzene rings is 2. The number of nitrogens with zero attached hydrogens (tertiary/aromatic N) is 1. The van der Waals surface area contributed by atoms with E-state index in [1.165, 1.54) is 43.0 Å². The molecule has 1 aliphatic heterocycles. The van der Waals surface area contributed by atoms with E-state index in [1.54, 1.807) is 24.3 Å².